The standard InChI is InChI=1S/C43H47NO5Si/c1-31(49-50(43(2,3)4,37-18-12-8-13-19-37)38-20-14-9-15-21-38)39-41(48-30-32-16-10-7-11-17-32)42(45)44(39)40(33-22-26-35(46-5)27-23-33)34-24-28-36(47-6)29-25-34/h7-29,31,39-41H,30H2,1-6H3/t31-,39+,41-/m0/s1. The first-order valence-corrected chi connectivity index (χ1v) is 19.1. The van der Waals surface area contributed by atoms with Gasteiger partial charge in [0.1, 0.15) is 11.5 Å². The zero-order valence-electron chi connectivity index (χ0n) is 29.8. The fraction of sp³-hybridized carbons (Fsp3) is 0.279. The van der Waals surface area contributed by atoms with E-state index >= 15 is 0 Å². The van der Waals surface area contributed by atoms with Crippen LogP contribution in [0, 0.1) is 0 Å². The number of ether oxygens (including phenoxy) is 3. The Balaban J connectivity index is 1.47. The van der Waals surface area contributed by atoms with E-state index in [1.165, 1.54) is 10.4 Å². The number of likely N-dealkylation sites (tertiary alicyclic amines) is 1. The number of carbonyl (C=O) groups excluding carboxylic acids is 1. The van der Waals surface area contributed by atoms with E-state index < -0.39 is 26.6 Å². The van der Waals surface area contributed by atoms with Gasteiger partial charge in [-0.1, -0.05) is 136 Å². The molecule has 1 aliphatic heterocycles. The highest BCUT2D eigenvalue weighted by molar-refractivity contribution is 6.99. The van der Waals surface area contributed by atoms with Crippen molar-refractivity contribution in [3.8, 4) is 11.5 Å². The molecule has 0 radical (unpaired) electrons. The Morgan fingerprint density at radius 2 is 1.10 bits per heavy atom. The van der Waals surface area contributed by atoms with Crippen LogP contribution >= 0.6 is 0 Å². The number of carbonyl (C=O) groups is 1. The first kappa shape index (κ1) is 35.1. The van der Waals surface area contributed by atoms with E-state index in [1.807, 2.05) is 95.9 Å². The highest BCUT2D eigenvalue weighted by Crippen LogP contribution is 2.44. The zero-order chi connectivity index (χ0) is 35.3. The molecular weight excluding hydrogens is 639 g/mol. The van der Waals surface area contributed by atoms with Gasteiger partial charge >= 0.3 is 0 Å². The molecule has 0 unspecified atom stereocenters. The number of β-lactam (4-membered cyclic amide) rings is 1. The molecule has 0 aliphatic carbocycles. The average molecular weight is 686 g/mol. The molecule has 6 rings (SSSR count). The van der Waals surface area contributed by atoms with Gasteiger partial charge in [-0.15, -0.1) is 0 Å². The molecule has 0 N–H and O–H groups in total. The van der Waals surface area contributed by atoms with Crippen LogP contribution in [-0.4, -0.2) is 51.6 Å². The maximum absolute atomic E-state index is 14.5. The molecule has 6 nitrogen and oxygen atoms in total. The summed E-state index contributed by atoms with van der Waals surface area (Å²) in [7, 11) is 0.342. The normalized spacial score (nSPS) is 16.9. The number of benzene rings is 5. The molecule has 1 aliphatic rings. The number of rotatable bonds is 13. The first-order chi connectivity index (χ1) is 24.2. The van der Waals surface area contributed by atoms with Crippen molar-refractivity contribution < 1.29 is 23.4 Å². The van der Waals surface area contributed by atoms with Gasteiger partial charge in [-0.2, -0.15) is 0 Å². The average Bonchev–Trinajstić information content (AvgIpc) is 3.15. The van der Waals surface area contributed by atoms with E-state index in [2.05, 4.69) is 76.2 Å². The molecule has 7 heteroatoms. The molecule has 0 aromatic heterocycles. The van der Waals surface area contributed by atoms with E-state index in [-0.39, 0.29) is 17.0 Å². The summed E-state index contributed by atoms with van der Waals surface area (Å²) in [4.78, 5) is 16.5. The van der Waals surface area contributed by atoms with Crippen LogP contribution in [-0.2, 0) is 20.6 Å². The van der Waals surface area contributed by atoms with Gasteiger partial charge in [0.2, 0.25) is 0 Å². The lowest BCUT2D eigenvalue weighted by atomic mass is 9.85. The largest absolute Gasteiger partial charge is 0.497 e. The van der Waals surface area contributed by atoms with Crippen LogP contribution in [0.4, 0.5) is 0 Å². The third kappa shape index (κ3) is 6.86. The minimum Gasteiger partial charge on any atom is -0.497 e. The Labute approximate surface area is 297 Å². The highest BCUT2D eigenvalue weighted by Gasteiger charge is 2.58. The Kier molecular flexibility index (Phi) is 10.6. The van der Waals surface area contributed by atoms with Crippen molar-refractivity contribution in [2.24, 2.45) is 0 Å². The van der Waals surface area contributed by atoms with Crippen LogP contribution in [0.1, 0.15) is 50.4 Å². The fourth-order valence-electron chi connectivity index (χ4n) is 7.33. The number of hydrogen-bond acceptors (Lipinski definition) is 5. The molecule has 5 aromatic rings. The van der Waals surface area contributed by atoms with Crippen molar-refractivity contribution in [3.05, 3.63) is 156 Å². The molecule has 1 heterocycles. The van der Waals surface area contributed by atoms with Gasteiger partial charge < -0.3 is 23.5 Å². The van der Waals surface area contributed by atoms with Crippen LogP contribution in [0.5, 0.6) is 11.5 Å². The topological polar surface area (TPSA) is 57.2 Å². The second kappa shape index (κ2) is 15.0. The van der Waals surface area contributed by atoms with E-state index in [0.717, 1.165) is 28.2 Å². The van der Waals surface area contributed by atoms with Crippen molar-refractivity contribution in [1.29, 1.82) is 0 Å². The molecule has 5 aromatic carbocycles. The minimum atomic E-state index is -2.97. The van der Waals surface area contributed by atoms with E-state index in [0.29, 0.717) is 6.61 Å². The molecule has 0 saturated carbocycles. The summed E-state index contributed by atoms with van der Waals surface area (Å²) in [5.41, 5.74) is 2.95. The summed E-state index contributed by atoms with van der Waals surface area (Å²) in [5.74, 6) is 1.43. The summed E-state index contributed by atoms with van der Waals surface area (Å²) in [6.07, 6.45) is -1.08. The van der Waals surface area contributed by atoms with Gasteiger partial charge in [-0.05, 0) is 63.3 Å². The van der Waals surface area contributed by atoms with Gasteiger partial charge in [-0.3, -0.25) is 4.79 Å². The Hall–Kier alpha value is -4.69. The van der Waals surface area contributed by atoms with E-state index in [1.54, 1.807) is 14.2 Å². The van der Waals surface area contributed by atoms with Crippen LogP contribution in [0.25, 0.3) is 0 Å². The quantitative estimate of drug-likeness (QED) is 0.0947. The van der Waals surface area contributed by atoms with Crippen LogP contribution in [0.3, 0.4) is 0 Å². The lowest BCUT2D eigenvalue weighted by Crippen LogP contribution is -2.74. The molecule has 258 valence electrons. The monoisotopic (exact) mass is 685 g/mol. The second-order valence-electron chi connectivity index (χ2n) is 13.9. The molecular formula is C43H47NO5Si. The Morgan fingerprint density at radius 1 is 0.660 bits per heavy atom. The fourth-order valence-corrected chi connectivity index (χ4v) is 12.0. The molecule has 1 fully saturated rings. The molecule has 50 heavy (non-hydrogen) atoms. The van der Waals surface area contributed by atoms with Gasteiger partial charge in [0, 0.05) is 0 Å². The summed E-state index contributed by atoms with van der Waals surface area (Å²) in [5, 5.41) is 2.13. The van der Waals surface area contributed by atoms with Crippen molar-refractivity contribution in [1.82, 2.24) is 4.90 Å². The summed E-state index contributed by atoms with van der Waals surface area (Å²) < 4.78 is 25.2. The maximum atomic E-state index is 14.5. The second-order valence-corrected chi connectivity index (χ2v) is 18.1. The van der Waals surface area contributed by atoms with Gasteiger partial charge in [0.25, 0.3) is 14.2 Å². The lowest BCUT2D eigenvalue weighted by Gasteiger charge is -2.55. The Morgan fingerprint density at radius 3 is 1.52 bits per heavy atom. The zero-order valence-corrected chi connectivity index (χ0v) is 30.8. The third-order valence-electron chi connectivity index (χ3n) is 9.80. The van der Waals surface area contributed by atoms with Crippen molar-refractivity contribution in [2.45, 2.75) is 63.6 Å². The molecule has 3 atom stereocenters. The van der Waals surface area contributed by atoms with Gasteiger partial charge in [0.15, 0.2) is 6.10 Å². The van der Waals surface area contributed by atoms with Crippen LogP contribution < -0.4 is 19.8 Å². The maximum Gasteiger partial charge on any atom is 0.261 e. The number of methoxy groups -OCH3 is 2. The summed E-state index contributed by atoms with van der Waals surface area (Å²) in [6.45, 7) is 9.26. The number of amides is 1. The SMILES string of the molecule is COc1ccc(C(c2ccc(OC)cc2)N2C(=O)[C@@H](OCc3ccccc3)[C@H]2[C@H](C)O[Si](c2ccccc2)(c2ccccc2)C(C)(C)C)cc1. The highest BCUT2D eigenvalue weighted by atomic mass is 28.4. The van der Waals surface area contributed by atoms with Crippen molar-refractivity contribution >= 4 is 24.6 Å². The summed E-state index contributed by atoms with van der Waals surface area (Å²) in [6, 6.07) is 46.4. The van der Waals surface area contributed by atoms with Gasteiger partial charge in [-0.25, -0.2) is 0 Å². The van der Waals surface area contributed by atoms with Crippen LogP contribution in [0.2, 0.25) is 5.04 Å². The third-order valence-corrected chi connectivity index (χ3v) is 14.9. The molecule has 1 amide bonds. The number of nitrogens with zero attached hydrogens (tertiary/aromatic N) is 1. The molecule has 1 saturated heterocycles. The smallest absolute Gasteiger partial charge is 0.261 e. The lowest BCUT2D eigenvalue weighted by molar-refractivity contribution is -0.189. The van der Waals surface area contributed by atoms with E-state index in [9.17, 15) is 4.79 Å². The predicted molar refractivity (Wildman–Crippen MR) is 202 cm³/mol. The summed E-state index contributed by atoms with van der Waals surface area (Å²) >= 11 is 0. The molecule has 0 bridgehead atoms. The van der Waals surface area contributed by atoms with Crippen molar-refractivity contribution in [2.75, 3.05) is 14.2 Å². The first-order valence-electron chi connectivity index (χ1n) is 17.2. The Bertz CT molecular complexity index is 1740. The minimum absolute atomic E-state index is 0.0690. The van der Waals surface area contributed by atoms with Crippen molar-refractivity contribution in [3.63, 3.8) is 0 Å². The van der Waals surface area contributed by atoms with E-state index in [4.69, 9.17) is 18.6 Å². The molecule has 0 spiro atoms. The number of hydrogen-bond donors (Lipinski definition) is 0. The predicted octanol–water partition coefficient (Wildman–Crippen LogP) is 7.55. The van der Waals surface area contributed by atoms with Crippen LogP contribution in [0.15, 0.2) is 140 Å². The van der Waals surface area contributed by atoms with Gasteiger partial charge in [0.05, 0.1) is 39.0 Å².